The summed E-state index contributed by atoms with van der Waals surface area (Å²) in [5, 5.41) is 9.15. The Morgan fingerprint density at radius 1 is 1.62 bits per heavy atom. The standard InChI is InChI=1S/C11H12BrNO3/c1-11(7-14)6-13(10(15)16-11)9-4-2-3-8(12)5-9/h2-5,14H,6-7H2,1H3. The molecule has 1 atom stereocenters. The first kappa shape index (κ1) is 11.4. The van der Waals surface area contributed by atoms with E-state index in [0.717, 1.165) is 10.2 Å². The Morgan fingerprint density at radius 2 is 2.38 bits per heavy atom. The van der Waals surface area contributed by atoms with Crippen LogP contribution in [0.4, 0.5) is 10.5 Å². The average molecular weight is 286 g/mol. The summed E-state index contributed by atoms with van der Waals surface area (Å²) in [5.41, 5.74) is -0.0455. The molecule has 0 spiro atoms. The first-order valence-corrected chi connectivity index (χ1v) is 5.70. The van der Waals surface area contributed by atoms with Gasteiger partial charge in [0.15, 0.2) is 5.60 Å². The molecule has 1 N–H and O–H groups in total. The molecule has 0 bridgehead atoms. The van der Waals surface area contributed by atoms with Crippen molar-refractivity contribution in [1.29, 1.82) is 0 Å². The van der Waals surface area contributed by atoms with E-state index in [9.17, 15) is 4.79 Å². The summed E-state index contributed by atoms with van der Waals surface area (Å²) < 4.78 is 6.03. The maximum absolute atomic E-state index is 11.6. The van der Waals surface area contributed by atoms with Crippen molar-refractivity contribution in [3.05, 3.63) is 28.7 Å². The highest BCUT2D eigenvalue weighted by molar-refractivity contribution is 9.10. The minimum absolute atomic E-state index is 0.177. The van der Waals surface area contributed by atoms with E-state index in [0.29, 0.717) is 6.54 Å². The van der Waals surface area contributed by atoms with Gasteiger partial charge in [-0.1, -0.05) is 22.0 Å². The Balaban J connectivity index is 2.27. The Bertz CT molecular complexity index is 423. The lowest BCUT2D eigenvalue weighted by atomic mass is 10.1. The molecule has 0 aliphatic carbocycles. The second-order valence-electron chi connectivity index (χ2n) is 4.04. The zero-order chi connectivity index (χ0) is 11.8. The van der Waals surface area contributed by atoms with E-state index < -0.39 is 11.7 Å². The maximum atomic E-state index is 11.6. The molecule has 1 heterocycles. The summed E-state index contributed by atoms with van der Waals surface area (Å²) in [6, 6.07) is 7.40. The van der Waals surface area contributed by atoms with Crippen molar-refractivity contribution in [2.45, 2.75) is 12.5 Å². The zero-order valence-corrected chi connectivity index (χ0v) is 10.4. The molecule has 1 aromatic rings. The first-order chi connectivity index (χ1) is 7.54. The van der Waals surface area contributed by atoms with Crippen molar-refractivity contribution < 1.29 is 14.6 Å². The molecule has 1 aliphatic rings. The zero-order valence-electron chi connectivity index (χ0n) is 8.81. The molecule has 0 saturated carbocycles. The van der Waals surface area contributed by atoms with Crippen molar-refractivity contribution in [3.8, 4) is 0 Å². The number of halogens is 1. The molecule has 86 valence electrons. The lowest BCUT2D eigenvalue weighted by Gasteiger charge is -2.18. The van der Waals surface area contributed by atoms with Gasteiger partial charge in [0.25, 0.3) is 0 Å². The number of benzene rings is 1. The summed E-state index contributed by atoms with van der Waals surface area (Å²) in [6.07, 6.45) is -0.422. The number of aliphatic hydroxyl groups excluding tert-OH is 1. The Kier molecular flexibility index (Phi) is 2.90. The van der Waals surface area contributed by atoms with Crippen LogP contribution >= 0.6 is 15.9 Å². The number of hydrogen-bond donors (Lipinski definition) is 1. The van der Waals surface area contributed by atoms with Gasteiger partial charge < -0.3 is 9.84 Å². The molecule has 5 heteroatoms. The van der Waals surface area contributed by atoms with Gasteiger partial charge in [0.05, 0.1) is 13.2 Å². The van der Waals surface area contributed by atoms with Crippen LogP contribution in [-0.4, -0.2) is 30.0 Å². The molecule has 4 nitrogen and oxygen atoms in total. The molecule has 2 rings (SSSR count). The van der Waals surface area contributed by atoms with Crippen LogP contribution in [0, 0.1) is 0 Å². The minimum atomic E-state index is -0.806. The van der Waals surface area contributed by atoms with Gasteiger partial charge in [-0.05, 0) is 25.1 Å². The van der Waals surface area contributed by atoms with Crippen LogP contribution in [0.3, 0.4) is 0 Å². The minimum Gasteiger partial charge on any atom is -0.438 e. The Morgan fingerprint density at radius 3 is 2.94 bits per heavy atom. The molecular weight excluding hydrogens is 274 g/mol. The van der Waals surface area contributed by atoms with Crippen molar-refractivity contribution >= 4 is 27.7 Å². The predicted octanol–water partition coefficient (Wildman–Crippen LogP) is 2.16. The number of ether oxygens (including phenoxy) is 1. The van der Waals surface area contributed by atoms with Crippen LogP contribution in [0.5, 0.6) is 0 Å². The van der Waals surface area contributed by atoms with Crippen LogP contribution in [0.15, 0.2) is 28.7 Å². The molecule has 1 unspecified atom stereocenters. The van der Waals surface area contributed by atoms with Gasteiger partial charge in [-0.3, -0.25) is 4.90 Å². The van der Waals surface area contributed by atoms with Gasteiger partial charge in [-0.15, -0.1) is 0 Å². The number of cyclic esters (lactones) is 1. The number of carbonyl (C=O) groups excluding carboxylic acids is 1. The monoisotopic (exact) mass is 285 g/mol. The van der Waals surface area contributed by atoms with E-state index >= 15 is 0 Å². The second kappa shape index (κ2) is 4.07. The van der Waals surface area contributed by atoms with Crippen LogP contribution < -0.4 is 4.90 Å². The van der Waals surface area contributed by atoms with E-state index in [1.165, 1.54) is 4.90 Å². The fraction of sp³-hybridized carbons (Fsp3) is 0.364. The number of rotatable bonds is 2. The quantitative estimate of drug-likeness (QED) is 0.906. The topological polar surface area (TPSA) is 49.8 Å². The lowest BCUT2D eigenvalue weighted by molar-refractivity contribution is 0.0219. The first-order valence-electron chi connectivity index (χ1n) is 4.91. The summed E-state index contributed by atoms with van der Waals surface area (Å²) in [4.78, 5) is 13.2. The largest absolute Gasteiger partial charge is 0.438 e. The molecule has 16 heavy (non-hydrogen) atoms. The molecule has 0 radical (unpaired) electrons. The van der Waals surface area contributed by atoms with Gasteiger partial charge in [0.2, 0.25) is 0 Å². The van der Waals surface area contributed by atoms with E-state index in [2.05, 4.69) is 15.9 Å². The fourth-order valence-electron chi connectivity index (χ4n) is 1.62. The van der Waals surface area contributed by atoms with Gasteiger partial charge in [-0.2, -0.15) is 0 Å². The summed E-state index contributed by atoms with van der Waals surface area (Å²) >= 11 is 3.35. The maximum Gasteiger partial charge on any atom is 0.415 e. The number of aliphatic hydroxyl groups is 1. The third kappa shape index (κ3) is 2.05. The highest BCUT2D eigenvalue weighted by atomic mass is 79.9. The van der Waals surface area contributed by atoms with Gasteiger partial charge >= 0.3 is 6.09 Å². The van der Waals surface area contributed by atoms with E-state index in [-0.39, 0.29) is 6.61 Å². The number of carbonyl (C=O) groups is 1. The summed E-state index contributed by atoms with van der Waals surface area (Å²) in [5.74, 6) is 0. The smallest absolute Gasteiger partial charge is 0.415 e. The molecule has 1 fully saturated rings. The van der Waals surface area contributed by atoms with Crippen LogP contribution in [0.1, 0.15) is 6.92 Å². The number of hydrogen-bond acceptors (Lipinski definition) is 3. The van der Waals surface area contributed by atoms with Crippen molar-refractivity contribution in [2.24, 2.45) is 0 Å². The van der Waals surface area contributed by atoms with Gasteiger partial charge in [0, 0.05) is 10.2 Å². The van der Waals surface area contributed by atoms with Gasteiger partial charge in [-0.25, -0.2) is 4.79 Å². The average Bonchev–Trinajstić information content (AvgIpc) is 2.55. The Labute approximate surface area is 102 Å². The van der Waals surface area contributed by atoms with Crippen molar-refractivity contribution in [2.75, 3.05) is 18.1 Å². The highest BCUT2D eigenvalue weighted by Crippen LogP contribution is 2.29. The van der Waals surface area contributed by atoms with Crippen molar-refractivity contribution in [3.63, 3.8) is 0 Å². The second-order valence-corrected chi connectivity index (χ2v) is 4.96. The molecule has 0 aromatic heterocycles. The number of anilines is 1. The summed E-state index contributed by atoms with van der Waals surface area (Å²) in [7, 11) is 0. The third-order valence-electron chi connectivity index (χ3n) is 2.50. The number of amides is 1. The molecular formula is C11H12BrNO3. The van der Waals surface area contributed by atoms with E-state index in [1.54, 1.807) is 6.92 Å². The van der Waals surface area contributed by atoms with E-state index in [1.807, 2.05) is 24.3 Å². The lowest BCUT2D eigenvalue weighted by Crippen LogP contribution is -2.34. The van der Waals surface area contributed by atoms with E-state index in [4.69, 9.17) is 9.84 Å². The van der Waals surface area contributed by atoms with Crippen LogP contribution in [0.2, 0.25) is 0 Å². The predicted molar refractivity (Wildman–Crippen MR) is 63.5 cm³/mol. The fourth-order valence-corrected chi connectivity index (χ4v) is 2.01. The third-order valence-corrected chi connectivity index (χ3v) is 2.99. The van der Waals surface area contributed by atoms with Crippen LogP contribution in [-0.2, 0) is 4.74 Å². The molecule has 1 amide bonds. The summed E-state index contributed by atoms with van der Waals surface area (Å²) in [6.45, 7) is 1.89. The highest BCUT2D eigenvalue weighted by Gasteiger charge is 2.41. The van der Waals surface area contributed by atoms with Crippen LogP contribution in [0.25, 0.3) is 0 Å². The number of nitrogens with zero attached hydrogens (tertiary/aromatic N) is 1. The van der Waals surface area contributed by atoms with Gasteiger partial charge in [0.1, 0.15) is 0 Å². The van der Waals surface area contributed by atoms with Crippen molar-refractivity contribution in [1.82, 2.24) is 0 Å². The molecule has 1 aromatic carbocycles. The molecule has 1 saturated heterocycles. The SMILES string of the molecule is CC1(CO)CN(c2cccc(Br)c2)C(=O)O1. The molecule has 1 aliphatic heterocycles. The Hall–Kier alpha value is -1.07. The normalized spacial score (nSPS) is 24.7.